The number of carbonyl (C=O) groups is 1. The quantitative estimate of drug-likeness (QED) is 0.660. The van der Waals surface area contributed by atoms with E-state index in [1.54, 1.807) is 24.4 Å². The molecule has 164 valence electrons. The lowest BCUT2D eigenvalue weighted by Crippen LogP contribution is -2.41. The van der Waals surface area contributed by atoms with Crippen molar-refractivity contribution in [3.05, 3.63) is 77.4 Å². The molecule has 3 aromatic rings. The lowest BCUT2D eigenvalue weighted by atomic mass is 9.81. The summed E-state index contributed by atoms with van der Waals surface area (Å²) in [5.74, 6) is -0.0183. The first-order valence-corrected chi connectivity index (χ1v) is 9.77. The molecule has 1 aliphatic heterocycles. The van der Waals surface area contributed by atoms with Gasteiger partial charge in [0.1, 0.15) is 11.4 Å². The van der Waals surface area contributed by atoms with Gasteiger partial charge in [-0.25, -0.2) is 13.8 Å². The molecule has 32 heavy (non-hydrogen) atoms. The molecule has 0 radical (unpaired) electrons. The van der Waals surface area contributed by atoms with Gasteiger partial charge in [0.2, 0.25) is 0 Å². The van der Waals surface area contributed by atoms with Crippen molar-refractivity contribution >= 4 is 11.9 Å². The van der Waals surface area contributed by atoms with Gasteiger partial charge in [0.05, 0.1) is 7.11 Å². The standard InChI is InChI=1S/C23H21F2N5O2/c1-13-18(5-4-7-27-13)14-9-16(11-17(10-14)32-3)23(21(31)30(2)22(26)29-23)15-6-8-28-19(12-15)20(24)25/h4-12,20H,1-3H3,(H2,26,29). The van der Waals surface area contributed by atoms with Crippen LogP contribution in [0.2, 0.25) is 0 Å². The van der Waals surface area contributed by atoms with Crippen LogP contribution in [0, 0.1) is 6.92 Å². The first-order chi connectivity index (χ1) is 15.3. The normalized spacial score (nSPS) is 18.2. The number of aromatic nitrogens is 2. The summed E-state index contributed by atoms with van der Waals surface area (Å²) < 4.78 is 32.3. The fraction of sp³-hybridized carbons (Fsp3) is 0.217. The van der Waals surface area contributed by atoms with Crippen molar-refractivity contribution in [3.8, 4) is 16.9 Å². The summed E-state index contributed by atoms with van der Waals surface area (Å²) >= 11 is 0. The van der Waals surface area contributed by atoms with E-state index in [2.05, 4.69) is 15.0 Å². The molecule has 4 rings (SSSR count). The number of amides is 1. The first kappa shape index (κ1) is 21.4. The number of hydrogen-bond donors (Lipinski definition) is 1. The number of alkyl halides is 2. The molecule has 2 aromatic heterocycles. The van der Waals surface area contributed by atoms with Gasteiger partial charge in [0.25, 0.3) is 12.3 Å². The number of likely N-dealkylation sites (N-methyl/N-ethyl adjacent to an activating group) is 1. The third-order valence-electron chi connectivity index (χ3n) is 5.54. The average Bonchev–Trinajstić information content (AvgIpc) is 3.04. The van der Waals surface area contributed by atoms with Crippen molar-refractivity contribution < 1.29 is 18.3 Å². The van der Waals surface area contributed by atoms with Crippen LogP contribution < -0.4 is 10.5 Å². The number of carbonyl (C=O) groups excluding carboxylic acids is 1. The number of methoxy groups -OCH3 is 1. The Hall–Kier alpha value is -3.88. The van der Waals surface area contributed by atoms with E-state index >= 15 is 0 Å². The van der Waals surface area contributed by atoms with Crippen LogP contribution in [0.25, 0.3) is 11.1 Å². The number of nitrogens with zero attached hydrogens (tertiary/aromatic N) is 4. The van der Waals surface area contributed by atoms with Crippen LogP contribution in [-0.4, -0.2) is 40.9 Å². The van der Waals surface area contributed by atoms with E-state index in [4.69, 9.17) is 10.5 Å². The van der Waals surface area contributed by atoms with Crippen LogP contribution in [0.5, 0.6) is 5.75 Å². The Morgan fingerprint density at radius 3 is 2.50 bits per heavy atom. The molecule has 7 nitrogen and oxygen atoms in total. The molecule has 0 aliphatic carbocycles. The SMILES string of the molecule is COc1cc(-c2cccnc2C)cc(C2(c3ccnc(C(F)F)c3)N=C(N)N(C)C2=O)c1. The predicted octanol–water partition coefficient (Wildman–Crippen LogP) is 3.43. The number of guanidine groups is 1. The van der Waals surface area contributed by atoms with Crippen molar-refractivity contribution in [2.75, 3.05) is 14.2 Å². The Balaban J connectivity index is 2.02. The molecule has 0 saturated carbocycles. The number of aryl methyl sites for hydroxylation is 1. The number of pyridine rings is 2. The van der Waals surface area contributed by atoms with Crippen LogP contribution in [0.15, 0.2) is 59.9 Å². The van der Waals surface area contributed by atoms with Gasteiger partial charge >= 0.3 is 0 Å². The molecule has 1 atom stereocenters. The Labute approximate surface area is 183 Å². The maximum absolute atomic E-state index is 13.5. The maximum atomic E-state index is 13.5. The minimum Gasteiger partial charge on any atom is -0.497 e. The van der Waals surface area contributed by atoms with Crippen LogP contribution in [0.4, 0.5) is 8.78 Å². The molecular weight excluding hydrogens is 416 g/mol. The highest BCUT2D eigenvalue weighted by molar-refractivity contribution is 6.09. The maximum Gasteiger partial charge on any atom is 0.280 e. The average molecular weight is 437 g/mol. The number of nitrogens with two attached hydrogens (primary N) is 1. The Morgan fingerprint density at radius 2 is 1.88 bits per heavy atom. The van der Waals surface area contributed by atoms with Crippen LogP contribution in [0.1, 0.15) is 28.9 Å². The topological polar surface area (TPSA) is 93.7 Å². The van der Waals surface area contributed by atoms with Crippen LogP contribution >= 0.6 is 0 Å². The van der Waals surface area contributed by atoms with E-state index in [9.17, 15) is 13.6 Å². The molecule has 1 aliphatic rings. The molecule has 3 heterocycles. The fourth-order valence-electron chi connectivity index (χ4n) is 3.85. The molecule has 0 fully saturated rings. The summed E-state index contributed by atoms with van der Waals surface area (Å²) in [6.07, 6.45) is 0.119. The summed E-state index contributed by atoms with van der Waals surface area (Å²) in [6, 6.07) is 11.6. The molecule has 1 amide bonds. The predicted molar refractivity (Wildman–Crippen MR) is 115 cm³/mol. The Bertz CT molecular complexity index is 1230. The van der Waals surface area contributed by atoms with Gasteiger partial charge < -0.3 is 10.5 Å². The van der Waals surface area contributed by atoms with Crippen molar-refractivity contribution in [2.24, 2.45) is 10.7 Å². The second kappa shape index (κ2) is 7.99. The fourth-order valence-corrected chi connectivity index (χ4v) is 3.85. The van der Waals surface area contributed by atoms with E-state index < -0.39 is 23.6 Å². The second-order valence-electron chi connectivity index (χ2n) is 7.40. The number of benzene rings is 1. The van der Waals surface area contributed by atoms with E-state index in [1.807, 2.05) is 19.1 Å². The summed E-state index contributed by atoms with van der Waals surface area (Å²) in [4.78, 5) is 27.2. The molecule has 1 unspecified atom stereocenters. The molecule has 0 spiro atoms. The number of hydrogen-bond acceptors (Lipinski definition) is 6. The number of halogens is 2. The number of ether oxygens (including phenoxy) is 1. The van der Waals surface area contributed by atoms with Gasteiger partial charge in [-0.3, -0.25) is 19.7 Å². The zero-order valence-corrected chi connectivity index (χ0v) is 17.7. The minimum absolute atomic E-state index is 0.0210. The molecule has 9 heteroatoms. The molecular formula is C23H21F2N5O2. The molecule has 1 aromatic carbocycles. The van der Waals surface area contributed by atoms with Gasteiger partial charge in [0.15, 0.2) is 11.5 Å². The third-order valence-corrected chi connectivity index (χ3v) is 5.54. The van der Waals surface area contributed by atoms with Gasteiger partial charge in [-0.05, 0) is 60.0 Å². The van der Waals surface area contributed by atoms with Gasteiger partial charge in [0, 0.05) is 30.7 Å². The Kier molecular flexibility index (Phi) is 5.33. The highest BCUT2D eigenvalue weighted by Gasteiger charge is 2.50. The van der Waals surface area contributed by atoms with Gasteiger partial charge in [-0.15, -0.1) is 0 Å². The second-order valence-corrected chi connectivity index (χ2v) is 7.40. The van der Waals surface area contributed by atoms with Crippen molar-refractivity contribution in [3.63, 3.8) is 0 Å². The van der Waals surface area contributed by atoms with Crippen molar-refractivity contribution in [2.45, 2.75) is 18.9 Å². The lowest BCUT2D eigenvalue weighted by Gasteiger charge is -2.27. The zero-order valence-electron chi connectivity index (χ0n) is 17.7. The van der Waals surface area contributed by atoms with Crippen molar-refractivity contribution in [1.82, 2.24) is 14.9 Å². The smallest absolute Gasteiger partial charge is 0.280 e. The number of rotatable bonds is 5. The van der Waals surface area contributed by atoms with E-state index in [0.29, 0.717) is 11.3 Å². The third kappa shape index (κ3) is 3.35. The highest BCUT2D eigenvalue weighted by atomic mass is 19.3. The number of aliphatic imine (C=N–C) groups is 1. The van der Waals surface area contributed by atoms with Crippen LogP contribution in [0.3, 0.4) is 0 Å². The van der Waals surface area contributed by atoms with Crippen LogP contribution in [-0.2, 0) is 10.3 Å². The van der Waals surface area contributed by atoms with E-state index in [-0.39, 0.29) is 11.5 Å². The van der Waals surface area contributed by atoms with Gasteiger partial charge in [-0.1, -0.05) is 6.07 Å². The summed E-state index contributed by atoms with van der Waals surface area (Å²) in [5, 5.41) is 0. The summed E-state index contributed by atoms with van der Waals surface area (Å²) in [5.41, 5.74) is 6.92. The van der Waals surface area contributed by atoms with E-state index in [0.717, 1.165) is 16.8 Å². The first-order valence-electron chi connectivity index (χ1n) is 9.77. The summed E-state index contributed by atoms with van der Waals surface area (Å²) in [7, 11) is 3.00. The lowest BCUT2D eigenvalue weighted by molar-refractivity contribution is -0.129. The monoisotopic (exact) mass is 437 g/mol. The largest absolute Gasteiger partial charge is 0.497 e. The summed E-state index contributed by atoms with van der Waals surface area (Å²) in [6.45, 7) is 1.87. The van der Waals surface area contributed by atoms with E-state index in [1.165, 1.54) is 37.4 Å². The molecule has 2 N–H and O–H groups in total. The molecule has 0 saturated heterocycles. The molecule has 0 bridgehead atoms. The van der Waals surface area contributed by atoms with Gasteiger partial charge in [-0.2, -0.15) is 0 Å². The zero-order chi connectivity index (χ0) is 23.0. The minimum atomic E-state index is -2.80. The van der Waals surface area contributed by atoms with Crippen molar-refractivity contribution in [1.29, 1.82) is 0 Å². The Morgan fingerprint density at radius 1 is 1.09 bits per heavy atom. The highest BCUT2D eigenvalue weighted by Crippen LogP contribution is 2.43.